The van der Waals surface area contributed by atoms with Gasteiger partial charge in [-0.25, -0.2) is 0 Å². The van der Waals surface area contributed by atoms with E-state index < -0.39 is 0 Å². The minimum atomic E-state index is -0.359. The molecule has 0 aromatic heterocycles. The number of imide groups is 1. The van der Waals surface area contributed by atoms with Crippen LogP contribution in [0.2, 0.25) is 0 Å². The van der Waals surface area contributed by atoms with Gasteiger partial charge in [0.2, 0.25) is 17.7 Å². The summed E-state index contributed by atoms with van der Waals surface area (Å²) in [7, 11) is 8.78. The first-order valence-electron chi connectivity index (χ1n) is 9.77. The largest absolute Gasteiger partial charge is 0.354 e. The molecule has 0 bridgehead atoms. The molecule has 0 spiro atoms. The summed E-state index contributed by atoms with van der Waals surface area (Å²) in [4.78, 5) is 48.6. The molecule has 1 aliphatic heterocycles. The number of likely N-dealkylation sites (tertiary alicyclic amines) is 1. The molecule has 1 unspecified atom stereocenters. The second-order valence-electron chi connectivity index (χ2n) is 7.81. The maximum absolute atomic E-state index is 12.3. The molecule has 3 amide bonds. The van der Waals surface area contributed by atoms with Crippen LogP contribution in [-0.4, -0.2) is 83.4 Å². The molecule has 164 valence electrons. The van der Waals surface area contributed by atoms with E-state index in [1.807, 2.05) is 18.4 Å². The zero-order valence-corrected chi connectivity index (χ0v) is 20.4. The zero-order chi connectivity index (χ0) is 22.0. The van der Waals surface area contributed by atoms with Gasteiger partial charge < -0.3 is 10.1 Å². The summed E-state index contributed by atoms with van der Waals surface area (Å²) < 4.78 is 1.86. The van der Waals surface area contributed by atoms with Crippen molar-refractivity contribution < 1.29 is 19.2 Å². The molecule has 7 nitrogen and oxygen atoms in total. The molecule has 1 rings (SSSR count). The van der Waals surface area contributed by atoms with Gasteiger partial charge in [-0.15, -0.1) is 0 Å². The van der Waals surface area contributed by atoms with Crippen molar-refractivity contribution in [3.8, 4) is 0 Å². The topological polar surface area (TPSA) is 86.8 Å². The SMILES string of the molecule is BC(=O)CCC(C)(C)SSCCCC(=O)NCCN1C(=O)CC(SN(C)C)C1=O. The molecular weight excluding hydrogens is 429 g/mol. The predicted octanol–water partition coefficient (Wildman–Crippen LogP) is 1.32. The van der Waals surface area contributed by atoms with Crippen molar-refractivity contribution in [3.05, 3.63) is 0 Å². The molecule has 0 saturated carbocycles. The smallest absolute Gasteiger partial charge is 0.244 e. The van der Waals surface area contributed by atoms with Crippen molar-refractivity contribution in [1.29, 1.82) is 0 Å². The summed E-state index contributed by atoms with van der Waals surface area (Å²) in [5.74, 6) is 0.437. The van der Waals surface area contributed by atoms with E-state index in [1.54, 1.807) is 29.4 Å². The van der Waals surface area contributed by atoms with Crippen LogP contribution in [0.4, 0.5) is 0 Å². The summed E-state index contributed by atoms with van der Waals surface area (Å²) in [6.07, 6.45) is 2.84. The zero-order valence-electron chi connectivity index (χ0n) is 18.0. The van der Waals surface area contributed by atoms with E-state index >= 15 is 0 Å². The normalized spacial score (nSPS) is 17.3. The lowest BCUT2D eigenvalue weighted by Gasteiger charge is -2.22. The molecule has 1 N–H and O–H groups in total. The highest BCUT2D eigenvalue weighted by atomic mass is 33.1. The average molecular weight is 461 g/mol. The van der Waals surface area contributed by atoms with Crippen molar-refractivity contribution >= 4 is 64.8 Å². The van der Waals surface area contributed by atoms with E-state index in [-0.39, 0.29) is 52.9 Å². The van der Waals surface area contributed by atoms with Crippen LogP contribution in [0.1, 0.15) is 46.0 Å². The van der Waals surface area contributed by atoms with Crippen LogP contribution in [-0.2, 0) is 19.2 Å². The highest BCUT2D eigenvalue weighted by Crippen LogP contribution is 2.39. The van der Waals surface area contributed by atoms with Crippen molar-refractivity contribution in [1.82, 2.24) is 14.5 Å². The Labute approximate surface area is 187 Å². The summed E-state index contributed by atoms with van der Waals surface area (Å²) >= 11 is 1.35. The molecule has 1 heterocycles. The Morgan fingerprint density at radius 3 is 2.59 bits per heavy atom. The fourth-order valence-electron chi connectivity index (χ4n) is 2.63. The van der Waals surface area contributed by atoms with Crippen LogP contribution >= 0.6 is 33.5 Å². The van der Waals surface area contributed by atoms with Gasteiger partial charge in [0.25, 0.3) is 0 Å². The minimum Gasteiger partial charge on any atom is -0.354 e. The van der Waals surface area contributed by atoms with Crippen molar-refractivity contribution in [2.45, 2.75) is 55.9 Å². The van der Waals surface area contributed by atoms with Gasteiger partial charge in [-0.2, -0.15) is 0 Å². The highest BCUT2D eigenvalue weighted by molar-refractivity contribution is 8.77. The van der Waals surface area contributed by atoms with Crippen LogP contribution in [0, 0.1) is 0 Å². The Morgan fingerprint density at radius 2 is 1.97 bits per heavy atom. The summed E-state index contributed by atoms with van der Waals surface area (Å²) in [6.45, 7) is 4.77. The Balaban J connectivity index is 2.16. The molecule has 1 aliphatic rings. The molecule has 1 saturated heterocycles. The summed E-state index contributed by atoms with van der Waals surface area (Å²) in [5.41, 5.74) is 0.213. The first kappa shape index (κ1) is 26.4. The Bertz CT molecular complexity index is 605. The average Bonchev–Trinajstić information content (AvgIpc) is 2.86. The molecule has 1 fully saturated rings. The van der Waals surface area contributed by atoms with Gasteiger partial charge in [-0.1, -0.05) is 33.5 Å². The monoisotopic (exact) mass is 461 g/mol. The third-order valence-electron chi connectivity index (χ3n) is 4.19. The van der Waals surface area contributed by atoms with Crippen LogP contribution in [0.25, 0.3) is 0 Å². The van der Waals surface area contributed by atoms with E-state index in [2.05, 4.69) is 19.2 Å². The number of hydrogen-bond donors (Lipinski definition) is 1. The molecule has 0 aliphatic carbocycles. The number of amides is 3. The standard InChI is InChI=1S/C18H32BN3O4S3/c1-18(2,8-7-14(19)23)29-27-11-5-6-15(24)20-9-10-22-16(25)12-13(17(22)26)28-21(3)4/h13H,5-12,19H2,1-4H3,(H,20,24). The lowest BCUT2D eigenvalue weighted by Crippen LogP contribution is -2.39. The number of hydrogen-bond acceptors (Lipinski definition) is 8. The van der Waals surface area contributed by atoms with Gasteiger partial charge in [-0.05, 0) is 47.2 Å². The van der Waals surface area contributed by atoms with E-state index in [0.29, 0.717) is 12.8 Å². The van der Waals surface area contributed by atoms with Crippen molar-refractivity contribution in [3.63, 3.8) is 0 Å². The number of carbonyl (C=O) groups is 4. The van der Waals surface area contributed by atoms with Gasteiger partial charge in [-0.3, -0.25) is 23.6 Å². The van der Waals surface area contributed by atoms with Gasteiger partial charge in [0.05, 0.1) is 5.68 Å². The molecule has 0 aromatic carbocycles. The van der Waals surface area contributed by atoms with E-state index in [9.17, 15) is 19.2 Å². The van der Waals surface area contributed by atoms with Gasteiger partial charge in [0, 0.05) is 36.4 Å². The number of rotatable bonds is 14. The van der Waals surface area contributed by atoms with E-state index in [4.69, 9.17) is 0 Å². The van der Waals surface area contributed by atoms with Crippen LogP contribution in [0.3, 0.4) is 0 Å². The first-order chi connectivity index (χ1) is 13.5. The number of nitrogens with zero attached hydrogens (tertiary/aromatic N) is 2. The van der Waals surface area contributed by atoms with Gasteiger partial charge in [0.1, 0.15) is 5.25 Å². The molecular formula is C18H32BN3O4S3. The Kier molecular flexibility index (Phi) is 11.8. The Hall–Kier alpha value is -0.645. The number of nitrogens with one attached hydrogen (secondary N) is 1. The second-order valence-corrected chi connectivity index (χ2v) is 12.4. The molecule has 0 radical (unpaired) electrons. The summed E-state index contributed by atoms with van der Waals surface area (Å²) in [5, 5.41) is 2.43. The van der Waals surface area contributed by atoms with Crippen LogP contribution in [0.5, 0.6) is 0 Å². The minimum absolute atomic E-state index is 0.0378. The molecule has 11 heteroatoms. The Morgan fingerprint density at radius 1 is 1.28 bits per heavy atom. The van der Waals surface area contributed by atoms with Crippen molar-refractivity contribution in [2.24, 2.45) is 0 Å². The predicted molar refractivity (Wildman–Crippen MR) is 126 cm³/mol. The quantitative estimate of drug-likeness (QED) is 0.136. The summed E-state index contributed by atoms with van der Waals surface area (Å²) in [6, 6.07) is 0. The van der Waals surface area contributed by atoms with E-state index in [1.165, 1.54) is 16.8 Å². The maximum atomic E-state index is 12.3. The molecule has 1 atom stereocenters. The maximum Gasteiger partial charge on any atom is 0.244 e. The van der Waals surface area contributed by atoms with Crippen LogP contribution < -0.4 is 5.32 Å². The third kappa shape index (κ3) is 10.8. The lowest BCUT2D eigenvalue weighted by molar-refractivity contribution is -0.138. The van der Waals surface area contributed by atoms with Crippen molar-refractivity contribution in [2.75, 3.05) is 32.9 Å². The number of carbonyl (C=O) groups excluding carboxylic acids is 4. The lowest BCUT2D eigenvalue weighted by atomic mass is 9.94. The molecule has 0 aromatic rings. The van der Waals surface area contributed by atoms with Gasteiger partial charge >= 0.3 is 0 Å². The fourth-order valence-corrected chi connectivity index (χ4v) is 6.24. The third-order valence-corrected chi connectivity index (χ3v) is 8.67. The van der Waals surface area contributed by atoms with E-state index in [0.717, 1.165) is 18.6 Å². The highest BCUT2D eigenvalue weighted by Gasteiger charge is 2.39. The molecule has 29 heavy (non-hydrogen) atoms. The fraction of sp³-hybridized carbons (Fsp3) is 0.778. The van der Waals surface area contributed by atoms with Crippen LogP contribution in [0.15, 0.2) is 0 Å². The van der Waals surface area contributed by atoms with Gasteiger partial charge in [0.15, 0.2) is 7.85 Å². The second kappa shape index (κ2) is 12.9. The first-order valence-corrected chi connectivity index (χ1v) is 12.9.